The highest BCUT2D eigenvalue weighted by Gasteiger charge is 2.24. The van der Waals surface area contributed by atoms with Gasteiger partial charge >= 0.3 is 0 Å². The summed E-state index contributed by atoms with van der Waals surface area (Å²) in [5.41, 5.74) is 0.0959. The van der Waals surface area contributed by atoms with Crippen LogP contribution in [-0.2, 0) is 10.0 Å². The zero-order chi connectivity index (χ0) is 22.4. The Morgan fingerprint density at radius 2 is 1.71 bits per heavy atom. The zero-order valence-corrected chi connectivity index (χ0v) is 18.0. The summed E-state index contributed by atoms with van der Waals surface area (Å²) in [6, 6.07) is 20.1. The number of anilines is 1. The maximum Gasteiger partial charge on any atom is 0.264 e. The van der Waals surface area contributed by atoms with Crippen LogP contribution >= 0.6 is 0 Å². The number of nitrogens with one attached hydrogen (secondary N) is 1. The van der Waals surface area contributed by atoms with Gasteiger partial charge in [0.1, 0.15) is 18.2 Å². The van der Waals surface area contributed by atoms with Gasteiger partial charge in [0.05, 0.1) is 16.6 Å². The molecule has 0 spiro atoms. The van der Waals surface area contributed by atoms with Crippen molar-refractivity contribution >= 4 is 21.6 Å². The van der Waals surface area contributed by atoms with Crippen LogP contribution in [0, 0.1) is 5.82 Å². The topological polar surface area (TPSA) is 75.7 Å². The minimum absolute atomic E-state index is 0.0796. The number of halogens is 1. The van der Waals surface area contributed by atoms with Gasteiger partial charge in [0.2, 0.25) is 0 Å². The molecule has 0 aliphatic rings. The third-order valence-electron chi connectivity index (χ3n) is 4.57. The summed E-state index contributed by atoms with van der Waals surface area (Å²) in [7, 11) is -2.79. The van der Waals surface area contributed by atoms with Crippen molar-refractivity contribution < 1.29 is 22.3 Å². The molecule has 3 aromatic rings. The fraction of sp³-hybridized carbons (Fsp3) is 0.174. The van der Waals surface area contributed by atoms with Gasteiger partial charge in [0.15, 0.2) is 0 Å². The standard InChI is InChI=1S/C23H23FN2O4S/c1-17(16-30-19-10-4-3-5-11-19)25-23(27)18-9-8-12-20(15-18)31(28,29)26(2)22-14-7-6-13-21(22)24/h3-15,17H,16H2,1-2H3,(H,25,27)/t17-/m1/s1. The lowest BCUT2D eigenvalue weighted by Gasteiger charge is -2.20. The van der Waals surface area contributed by atoms with Gasteiger partial charge in [-0.05, 0) is 49.4 Å². The van der Waals surface area contributed by atoms with Gasteiger partial charge in [0.25, 0.3) is 15.9 Å². The molecule has 0 fully saturated rings. The minimum atomic E-state index is -4.06. The minimum Gasteiger partial charge on any atom is -0.491 e. The number of amides is 1. The lowest BCUT2D eigenvalue weighted by atomic mass is 10.2. The van der Waals surface area contributed by atoms with Crippen LogP contribution in [0.2, 0.25) is 0 Å². The van der Waals surface area contributed by atoms with Crippen LogP contribution in [0.15, 0.2) is 83.8 Å². The molecule has 1 N–H and O–H groups in total. The number of ether oxygens (including phenoxy) is 1. The van der Waals surface area contributed by atoms with Crippen molar-refractivity contribution in [1.29, 1.82) is 0 Å². The average Bonchev–Trinajstić information content (AvgIpc) is 2.78. The molecule has 0 radical (unpaired) electrons. The Morgan fingerprint density at radius 1 is 1.03 bits per heavy atom. The highest BCUT2D eigenvalue weighted by molar-refractivity contribution is 7.92. The Labute approximate surface area is 181 Å². The van der Waals surface area contributed by atoms with E-state index in [1.165, 1.54) is 49.5 Å². The van der Waals surface area contributed by atoms with E-state index in [2.05, 4.69) is 5.32 Å². The summed E-state index contributed by atoms with van der Waals surface area (Å²) in [6.45, 7) is 2.04. The number of carbonyl (C=O) groups is 1. The highest BCUT2D eigenvalue weighted by Crippen LogP contribution is 2.25. The molecule has 3 rings (SSSR count). The molecule has 162 valence electrons. The molecule has 8 heteroatoms. The molecular formula is C23H23FN2O4S. The Morgan fingerprint density at radius 3 is 2.42 bits per heavy atom. The summed E-state index contributed by atoms with van der Waals surface area (Å²) in [5.74, 6) is -0.405. The number of hydrogen-bond donors (Lipinski definition) is 1. The maximum atomic E-state index is 14.1. The van der Waals surface area contributed by atoms with Gasteiger partial charge < -0.3 is 10.1 Å². The van der Waals surface area contributed by atoms with Crippen molar-refractivity contribution in [3.63, 3.8) is 0 Å². The summed E-state index contributed by atoms with van der Waals surface area (Å²) < 4.78 is 46.4. The van der Waals surface area contributed by atoms with Crippen molar-refractivity contribution in [3.8, 4) is 5.75 Å². The Hall–Kier alpha value is -3.39. The fourth-order valence-corrected chi connectivity index (χ4v) is 4.13. The smallest absolute Gasteiger partial charge is 0.264 e. The summed E-state index contributed by atoms with van der Waals surface area (Å²) in [6.07, 6.45) is 0. The average molecular weight is 443 g/mol. The van der Waals surface area contributed by atoms with E-state index in [1.54, 1.807) is 13.0 Å². The van der Waals surface area contributed by atoms with E-state index in [0.29, 0.717) is 5.75 Å². The van der Waals surface area contributed by atoms with Crippen LogP contribution in [0.3, 0.4) is 0 Å². The second-order valence-electron chi connectivity index (χ2n) is 6.95. The van der Waals surface area contributed by atoms with Gasteiger partial charge in [-0.1, -0.05) is 36.4 Å². The van der Waals surface area contributed by atoms with Crippen molar-refractivity contribution in [2.45, 2.75) is 17.9 Å². The van der Waals surface area contributed by atoms with Crippen LogP contribution in [0.25, 0.3) is 0 Å². The number of benzene rings is 3. The SMILES string of the molecule is C[C@H](COc1ccccc1)NC(=O)c1cccc(S(=O)(=O)N(C)c2ccccc2F)c1. The molecule has 0 aliphatic carbocycles. The summed E-state index contributed by atoms with van der Waals surface area (Å²) >= 11 is 0. The first-order valence-electron chi connectivity index (χ1n) is 9.61. The van der Waals surface area contributed by atoms with Gasteiger partial charge in [-0.2, -0.15) is 0 Å². The monoisotopic (exact) mass is 442 g/mol. The van der Waals surface area contributed by atoms with Crippen LogP contribution in [0.1, 0.15) is 17.3 Å². The first kappa shape index (κ1) is 22.3. The molecule has 0 unspecified atom stereocenters. The summed E-state index contributed by atoms with van der Waals surface area (Å²) in [5, 5.41) is 2.78. The lowest BCUT2D eigenvalue weighted by Crippen LogP contribution is -2.37. The summed E-state index contributed by atoms with van der Waals surface area (Å²) in [4.78, 5) is 12.5. The highest BCUT2D eigenvalue weighted by atomic mass is 32.2. The Bertz CT molecular complexity index is 1150. The molecule has 6 nitrogen and oxygen atoms in total. The van der Waals surface area contributed by atoms with Crippen LogP contribution in [0.5, 0.6) is 5.75 Å². The zero-order valence-electron chi connectivity index (χ0n) is 17.2. The van der Waals surface area contributed by atoms with Crippen molar-refractivity contribution in [2.75, 3.05) is 18.0 Å². The Balaban J connectivity index is 1.71. The predicted molar refractivity (Wildman–Crippen MR) is 117 cm³/mol. The van der Waals surface area contributed by atoms with E-state index in [9.17, 15) is 17.6 Å². The quantitative estimate of drug-likeness (QED) is 0.575. The van der Waals surface area contributed by atoms with E-state index in [4.69, 9.17) is 4.74 Å². The number of nitrogens with zero attached hydrogens (tertiary/aromatic N) is 1. The molecular weight excluding hydrogens is 419 g/mol. The first-order valence-corrected chi connectivity index (χ1v) is 11.1. The van der Waals surface area contributed by atoms with Crippen molar-refractivity contribution in [3.05, 3.63) is 90.2 Å². The number of sulfonamides is 1. The van der Waals surface area contributed by atoms with Crippen LogP contribution < -0.4 is 14.4 Å². The predicted octanol–water partition coefficient (Wildman–Crippen LogP) is 3.85. The second kappa shape index (κ2) is 9.61. The largest absolute Gasteiger partial charge is 0.491 e. The second-order valence-corrected chi connectivity index (χ2v) is 8.92. The molecule has 0 saturated carbocycles. The third-order valence-corrected chi connectivity index (χ3v) is 6.33. The molecule has 3 aromatic carbocycles. The van der Waals surface area contributed by atoms with E-state index in [-0.39, 0.29) is 28.8 Å². The van der Waals surface area contributed by atoms with Crippen molar-refractivity contribution in [1.82, 2.24) is 5.32 Å². The number of rotatable bonds is 8. The van der Waals surface area contributed by atoms with Gasteiger partial charge in [0, 0.05) is 12.6 Å². The molecule has 0 aromatic heterocycles. The Kier molecular flexibility index (Phi) is 6.91. The molecule has 0 bridgehead atoms. The molecule has 0 heterocycles. The van der Waals surface area contributed by atoms with Crippen LogP contribution in [-0.4, -0.2) is 34.0 Å². The fourth-order valence-electron chi connectivity index (χ4n) is 2.88. The number of para-hydroxylation sites is 2. The number of carbonyl (C=O) groups excluding carboxylic acids is 1. The third kappa shape index (κ3) is 5.40. The normalized spacial score (nSPS) is 12.1. The molecule has 0 aliphatic heterocycles. The lowest BCUT2D eigenvalue weighted by molar-refractivity contribution is 0.0926. The van der Waals surface area contributed by atoms with E-state index in [0.717, 1.165) is 4.31 Å². The molecule has 1 amide bonds. The van der Waals surface area contributed by atoms with Gasteiger partial charge in [-0.25, -0.2) is 12.8 Å². The molecule has 0 saturated heterocycles. The van der Waals surface area contributed by atoms with E-state index < -0.39 is 21.7 Å². The van der Waals surface area contributed by atoms with Gasteiger partial charge in [-0.3, -0.25) is 9.10 Å². The first-order chi connectivity index (χ1) is 14.8. The maximum absolute atomic E-state index is 14.1. The number of hydrogen-bond acceptors (Lipinski definition) is 4. The van der Waals surface area contributed by atoms with Crippen molar-refractivity contribution in [2.24, 2.45) is 0 Å². The van der Waals surface area contributed by atoms with Gasteiger partial charge in [-0.15, -0.1) is 0 Å². The van der Waals surface area contributed by atoms with E-state index >= 15 is 0 Å². The van der Waals surface area contributed by atoms with E-state index in [1.807, 2.05) is 30.3 Å². The molecule has 1 atom stereocenters. The van der Waals surface area contributed by atoms with Crippen LogP contribution in [0.4, 0.5) is 10.1 Å². The molecule has 31 heavy (non-hydrogen) atoms.